The molecule has 3 nitrogen and oxygen atoms in total. The van der Waals surface area contributed by atoms with Crippen molar-refractivity contribution in [2.75, 3.05) is 5.32 Å². The van der Waals surface area contributed by atoms with E-state index >= 15 is 0 Å². The van der Waals surface area contributed by atoms with E-state index in [1.54, 1.807) is 0 Å². The summed E-state index contributed by atoms with van der Waals surface area (Å²) in [6.45, 7) is 2.02. The van der Waals surface area contributed by atoms with E-state index in [4.69, 9.17) is 0 Å². The minimum absolute atomic E-state index is 0.121. The Morgan fingerprint density at radius 1 is 0.905 bits per heavy atom. The van der Waals surface area contributed by atoms with Crippen LogP contribution in [0.5, 0.6) is 0 Å². The summed E-state index contributed by atoms with van der Waals surface area (Å²) in [7, 11) is 1.94. The van der Waals surface area contributed by atoms with Gasteiger partial charge in [0.25, 0.3) is 0 Å². The van der Waals surface area contributed by atoms with E-state index in [0.717, 1.165) is 11.4 Å². The van der Waals surface area contributed by atoms with Crippen LogP contribution in [0.15, 0.2) is 66.9 Å². The molecule has 0 amide bonds. The fraction of sp³-hybridized carbons (Fsp3) is 0.167. The molecule has 0 spiro atoms. The van der Waals surface area contributed by atoms with Gasteiger partial charge in [0, 0.05) is 13.2 Å². The fourth-order valence-electron chi connectivity index (χ4n) is 2.55. The standard InChI is InChI=1S/C18H19N3/c1-14-17(13-21(2)20-14)19-18(15-9-5-3-6-10-15)16-11-7-4-8-12-16/h3-13,18-19H,1-2H3. The van der Waals surface area contributed by atoms with E-state index < -0.39 is 0 Å². The number of aromatic nitrogens is 2. The lowest BCUT2D eigenvalue weighted by Crippen LogP contribution is -2.12. The fourth-order valence-corrected chi connectivity index (χ4v) is 2.55. The molecule has 1 aromatic heterocycles. The van der Waals surface area contributed by atoms with Gasteiger partial charge in [-0.1, -0.05) is 60.7 Å². The molecule has 0 radical (unpaired) electrons. The van der Waals surface area contributed by atoms with Crippen molar-refractivity contribution in [3.05, 3.63) is 83.7 Å². The second-order valence-electron chi connectivity index (χ2n) is 5.20. The third kappa shape index (κ3) is 2.97. The van der Waals surface area contributed by atoms with Crippen LogP contribution in [0, 0.1) is 6.92 Å². The van der Waals surface area contributed by atoms with Gasteiger partial charge in [0.1, 0.15) is 0 Å². The third-order valence-electron chi connectivity index (χ3n) is 3.58. The highest BCUT2D eigenvalue weighted by Crippen LogP contribution is 2.27. The van der Waals surface area contributed by atoms with Gasteiger partial charge in [0.15, 0.2) is 0 Å². The van der Waals surface area contributed by atoms with Crippen molar-refractivity contribution in [3.63, 3.8) is 0 Å². The highest BCUT2D eigenvalue weighted by atomic mass is 15.3. The number of nitrogens with one attached hydrogen (secondary N) is 1. The Bertz CT molecular complexity index is 662. The van der Waals surface area contributed by atoms with Gasteiger partial charge in [0.05, 0.1) is 17.4 Å². The van der Waals surface area contributed by atoms with Crippen LogP contribution in [0.2, 0.25) is 0 Å². The lowest BCUT2D eigenvalue weighted by molar-refractivity contribution is 0.756. The molecule has 1 N–H and O–H groups in total. The lowest BCUT2D eigenvalue weighted by atomic mass is 9.98. The monoisotopic (exact) mass is 277 g/mol. The summed E-state index contributed by atoms with van der Waals surface area (Å²) >= 11 is 0. The van der Waals surface area contributed by atoms with Gasteiger partial charge in [-0.25, -0.2) is 0 Å². The molecule has 106 valence electrons. The molecule has 0 unspecified atom stereocenters. The first-order valence-corrected chi connectivity index (χ1v) is 7.11. The normalized spacial score (nSPS) is 10.8. The highest BCUT2D eigenvalue weighted by Gasteiger charge is 2.15. The molecule has 21 heavy (non-hydrogen) atoms. The first-order chi connectivity index (χ1) is 10.2. The zero-order valence-electron chi connectivity index (χ0n) is 12.3. The van der Waals surface area contributed by atoms with Gasteiger partial charge >= 0.3 is 0 Å². The Morgan fingerprint density at radius 3 is 1.86 bits per heavy atom. The van der Waals surface area contributed by atoms with Gasteiger partial charge in [-0.2, -0.15) is 5.10 Å². The average molecular weight is 277 g/mol. The Balaban J connectivity index is 1.99. The summed E-state index contributed by atoms with van der Waals surface area (Å²) in [6.07, 6.45) is 2.02. The van der Waals surface area contributed by atoms with Crippen molar-refractivity contribution in [2.45, 2.75) is 13.0 Å². The molecule has 3 heteroatoms. The first-order valence-electron chi connectivity index (χ1n) is 7.11. The summed E-state index contributed by atoms with van der Waals surface area (Å²) in [6, 6.07) is 21.1. The SMILES string of the molecule is Cc1nn(C)cc1NC(c1ccccc1)c1ccccc1. The Morgan fingerprint density at radius 2 is 1.43 bits per heavy atom. The van der Waals surface area contributed by atoms with E-state index in [2.05, 4.69) is 58.9 Å². The third-order valence-corrected chi connectivity index (χ3v) is 3.58. The molecule has 0 saturated carbocycles. The number of benzene rings is 2. The van der Waals surface area contributed by atoms with Crippen LogP contribution in [-0.4, -0.2) is 9.78 Å². The zero-order chi connectivity index (χ0) is 14.7. The van der Waals surface area contributed by atoms with Crippen molar-refractivity contribution < 1.29 is 0 Å². The summed E-state index contributed by atoms with van der Waals surface area (Å²) in [5.74, 6) is 0. The van der Waals surface area contributed by atoms with Crippen LogP contribution in [0.1, 0.15) is 22.9 Å². The Kier molecular flexibility index (Phi) is 3.73. The highest BCUT2D eigenvalue weighted by molar-refractivity contribution is 5.51. The maximum atomic E-state index is 4.41. The van der Waals surface area contributed by atoms with Crippen molar-refractivity contribution >= 4 is 5.69 Å². The molecule has 2 aromatic carbocycles. The summed E-state index contributed by atoms with van der Waals surface area (Å²) < 4.78 is 1.84. The Labute approximate surface area is 125 Å². The number of anilines is 1. The number of hydrogen-bond donors (Lipinski definition) is 1. The minimum Gasteiger partial charge on any atom is -0.371 e. The minimum atomic E-state index is 0.121. The maximum absolute atomic E-state index is 4.41. The second-order valence-corrected chi connectivity index (χ2v) is 5.20. The number of nitrogens with zero attached hydrogens (tertiary/aromatic N) is 2. The molecular weight excluding hydrogens is 258 g/mol. The maximum Gasteiger partial charge on any atom is 0.0825 e. The van der Waals surface area contributed by atoms with Crippen molar-refractivity contribution in [2.24, 2.45) is 7.05 Å². The summed E-state index contributed by atoms with van der Waals surface area (Å²) in [5.41, 5.74) is 4.56. The topological polar surface area (TPSA) is 29.9 Å². The lowest BCUT2D eigenvalue weighted by Gasteiger charge is -2.20. The molecule has 1 heterocycles. The van der Waals surface area contributed by atoms with Crippen LogP contribution in [-0.2, 0) is 7.05 Å². The van der Waals surface area contributed by atoms with Crippen LogP contribution in [0.4, 0.5) is 5.69 Å². The van der Waals surface area contributed by atoms with Crippen molar-refractivity contribution in [1.29, 1.82) is 0 Å². The average Bonchev–Trinajstić information content (AvgIpc) is 2.84. The molecule has 3 rings (SSSR count). The molecular formula is C18H19N3. The van der Waals surface area contributed by atoms with Crippen LogP contribution in [0.3, 0.4) is 0 Å². The molecule has 3 aromatic rings. The quantitative estimate of drug-likeness (QED) is 0.783. The predicted molar refractivity (Wildman–Crippen MR) is 86.3 cm³/mol. The number of aryl methyl sites for hydroxylation is 2. The van der Waals surface area contributed by atoms with Gasteiger partial charge in [-0.05, 0) is 18.1 Å². The summed E-state index contributed by atoms with van der Waals surface area (Å²) in [4.78, 5) is 0. The Hall–Kier alpha value is -2.55. The van der Waals surface area contributed by atoms with Crippen molar-refractivity contribution in [1.82, 2.24) is 9.78 Å². The van der Waals surface area contributed by atoms with E-state index in [9.17, 15) is 0 Å². The summed E-state index contributed by atoms with van der Waals surface area (Å²) in [5, 5.41) is 8.02. The number of rotatable bonds is 4. The molecule has 0 aliphatic rings. The van der Waals surface area contributed by atoms with E-state index in [1.165, 1.54) is 11.1 Å². The number of hydrogen-bond acceptors (Lipinski definition) is 2. The molecule has 0 aliphatic heterocycles. The molecule has 0 aliphatic carbocycles. The van der Waals surface area contributed by atoms with E-state index in [1.807, 2.05) is 37.0 Å². The van der Waals surface area contributed by atoms with E-state index in [-0.39, 0.29) is 6.04 Å². The van der Waals surface area contributed by atoms with Gasteiger partial charge in [0.2, 0.25) is 0 Å². The van der Waals surface area contributed by atoms with Crippen molar-refractivity contribution in [3.8, 4) is 0 Å². The first kappa shape index (κ1) is 13.4. The smallest absolute Gasteiger partial charge is 0.0825 e. The molecule has 0 atom stereocenters. The van der Waals surface area contributed by atoms with Gasteiger partial charge < -0.3 is 5.32 Å². The second kappa shape index (κ2) is 5.83. The zero-order valence-corrected chi connectivity index (χ0v) is 12.3. The molecule has 0 fully saturated rings. The predicted octanol–water partition coefficient (Wildman–Crippen LogP) is 3.93. The van der Waals surface area contributed by atoms with Crippen LogP contribution in [0.25, 0.3) is 0 Å². The largest absolute Gasteiger partial charge is 0.371 e. The van der Waals surface area contributed by atoms with Crippen LogP contribution >= 0.6 is 0 Å². The molecule has 0 bridgehead atoms. The van der Waals surface area contributed by atoms with Gasteiger partial charge in [-0.3, -0.25) is 4.68 Å². The van der Waals surface area contributed by atoms with Crippen LogP contribution < -0.4 is 5.32 Å². The van der Waals surface area contributed by atoms with E-state index in [0.29, 0.717) is 0 Å². The van der Waals surface area contributed by atoms with Gasteiger partial charge in [-0.15, -0.1) is 0 Å². The molecule has 0 saturated heterocycles.